The number of aliphatic hydroxyl groups excluding tert-OH is 1. The normalized spacial score (nSPS) is 11.8. The van der Waals surface area contributed by atoms with E-state index in [9.17, 15) is 9.59 Å². The van der Waals surface area contributed by atoms with Crippen molar-refractivity contribution < 1.29 is 24.5 Å². The fraction of sp³-hybridized carbons (Fsp3) is 0.333. The summed E-state index contributed by atoms with van der Waals surface area (Å²) in [4.78, 5) is 22.3. The van der Waals surface area contributed by atoms with Gasteiger partial charge in [-0.2, -0.15) is 0 Å². The van der Waals surface area contributed by atoms with Crippen LogP contribution >= 0.6 is 23.2 Å². The van der Waals surface area contributed by atoms with Crippen molar-refractivity contribution in [1.82, 2.24) is 5.32 Å². The molecule has 0 heterocycles. The third kappa shape index (κ3) is 5.24. The molecule has 0 saturated heterocycles. The number of amides is 1. The number of nitrogens with one attached hydrogen (secondary N) is 1. The summed E-state index contributed by atoms with van der Waals surface area (Å²) in [7, 11) is 0. The van der Waals surface area contributed by atoms with Crippen LogP contribution in [0.15, 0.2) is 18.2 Å². The third-order valence-electron chi connectivity index (χ3n) is 2.31. The van der Waals surface area contributed by atoms with Crippen LogP contribution in [-0.2, 0) is 9.59 Å². The number of ether oxygens (including phenoxy) is 1. The highest BCUT2D eigenvalue weighted by Gasteiger charge is 2.19. The molecule has 1 aromatic rings. The maximum Gasteiger partial charge on any atom is 0.326 e. The molecule has 0 bridgehead atoms. The first-order chi connectivity index (χ1) is 9.43. The minimum atomic E-state index is -1.22. The van der Waals surface area contributed by atoms with Crippen LogP contribution in [0, 0.1) is 0 Å². The fourth-order valence-electron chi connectivity index (χ4n) is 1.34. The lowest BCUT2D eigenvalue weighted by molar-refractivity contribution is -0.142. The number of rotatable bonds is 7. The van der Waals surface area contributed by atoms with E-state index in [-0.39, 0.29) is 24.7 Å². The number of carbonyl (C=O) groups excluding carboxylic acids is 1. The zero-order chi connectivity index (χ0) is 15.1. The summed E-state index contributed by atoms with van der Waals surface area (Å²) in [5, 5.41) is 20.4. The molecule has 1 rings (SSSR count). The number of carboxylic acid groups (broad SMARTS) is 1. The molecule has 0 aliphatic heterocycles. The molecule has 0 aliphatic carbocycles. The highest BCUT2D eigenvalue weighted by atomic mass is 35.5. The van der Waals surface area contributed by atoms with Crippen molar-refractivity contribution in [2.24, 2.45) is 0 Å². The van der Waals surface area contributed by atoms with E-state index in [0.717, 1.165) is 0 Å². The number of carboxylic acids is 1. The average molecular weight is 322 g/mol. The second-order valence-corrected chi connectivity index (χ2v) is 4.65. The predicted molar refractivity (Wildman–Crippen MR) is 73.2 cm³/mol. The summed E-state index contributed by atoms with van der Waals surface area (Å²) < 4.78 is 5.15. The first-order valence-electron chi connectivity index (χ1n) is 5.65. The van der Waals surface area contributed by atoms with E-state index in [1.165, 1.54) is 18.2 Å². The Kier molecular flexibility index (Phi) is 6.57. The van der Waals surface area contributed by atoms with Gasteiger partial charge in [0.05, 0.1) is 10.0 Å². The average Bonchev–Trinajstić information content (AvgIpc) is 2.39. The first-order valence-corrected chi connectivity index (χ1v) is 6.40. The van der Waals surface area contributed by atoms with Crippen LogP contribution in [0.1, 0.15) is 6.42 Å². The molecule has 6 nitrogen and oxygen atoms in total. The van der Waals surface area contributed by atoms with Gasteiger partial charge in [-0.15, -0.1) is 0 Å². The van der Waals surface area contributed by atoms with Gasteiger partial charge in [0.25, 0.3) is 5.91 Å². The van der Waals surface area contributed by atoms with E-state index >= 15 is 0 Å². The smallest absolute Gasteiger partial charge is 0.326 e. The van der Waals surface area contributed by atoms with Crippen molar-refractivity contribution in [3.8, 4) is 5.75 Å². The van der Waals surface area contributed by atoms with Gasteiger partial charge in [0.2, 0.25) is 0 Å². The molecule has 8 heteroatoms. The van der Waals surface area contributed by atoms with Crippen LogP contribution in [0.5, 0.6) is 5.75 Å². The maximum atomic E-state index is 11.5. The Hall–Kier alpha value is -1.50. The second-order valence-electron chi connectivity index (χ2n) is 3.84. The third-order valence-corrected chi connectivity index (χ3v) is 3.05. The van der Waals surface area contributed by atoms with Gasteiger partial charge in [-0.25, -0.2) is 4.79 Å². The Labute approximate surface area is 125 Å². The fourth-order valence-corrected chi connectivity index (χ4v) is 1.63. The van der Waals surface area contributed by atoms with Crippen molar-refractivity contribution in [1.29, 1.82) is 0 Å². The molecule has 0 saturated carbocycles. The molecule has 1 atom stereocenters. The van der Waals surface area contributed by atoms with E-state index in [1.807, 2.05) is 0 Å². The Morgan fingerprint density at radius 1 is 1.30 bits per heavy atom. The monoisotopic (exact) mass is 321 g/mol. The Morgan fingerprint density at radius 3 is 2.55 bits per heavy atom. The topological polar surface area (TPSA) is 95.9 Å². The van der Waals surface area contributed by atoms with Gasteiger partial charge in [-0.05, 0) is 12.1 Å². The Balaban J connectivity index is 2.50. The molecule has 0 fully saturated rings. The summed E-state index contributed by atoms with van der Waals surface area (Å²) in [5.41, 5.74) is 0. The molecule has 0 radical (unpaired) electrons. The van der Waals surface area contributed by atoms with E-state index in [4.69, 9.17) is 38.2 Å². The minimum Gasteiger partial charge on any atom is -0.484 e. The number of aliphatic carboxylic acids is 1. The van der Waals surface area contributed by atoms with Crippen molar-refractivity contribution >= 4 is 35.1 Å². The quantitative estimate of drug-likeness (QED) is 0.704. The molecule has 0 aromatic heterocycles. The van der Waals surface area contributed by atoms with Crippen LogP contribution in [0.25, 0.3) is 0 Å². The largest absolute Gasteiger partial charge is 0.484 e. The van der Waals surface area contributed by atoms with Crippen LogP contribution in [0.2, 0.25) is 10.0 Å². The van der Waals surface area contributed by atoms with Gasteiger partial charge in [-0.1, -0.05) is 23.2 Å². The lowest BCUT2D eigenvalue weighted by Gasteiger charge is -2.13. The summed E-state index contributed by atoms with van der Waals surface area (Å²) in [6.07, 6.45) is -0.0755. The SMILES string of the molecule is O=C(COc1ccc(Cl)c(Cl)c1)N[C@@H](CCO)C(=O)O. The van der Waals surface area contributed by atoms with Crippen molar-refractivity contribution in [3.63, 3.8) is 0 Å². The van der Waals surface area contributed by atoms with Gasteiger partial charge >= 0.3 is 5.97 Å². The molecule has 1 aromatic carbocycles. The van der Waals surface area contributed by atoms with E-state index in [2.05, 4.69) is 5.32 Å². The molecule has 0 unspecified atom stereocenters. The van der Waals surface area contributed by atoms with Crippen molar-refractivity contribution in [3.05, 3.63) is 28.2 Å². The van der Waals surface area contributed by atoms with Crippen LogP contribution < -0.4 is 10.1 Å². The highest BCUT2D eigenvalue weighted by Crippen LogP contribution is 2.26. The summed E-state index contributed by atoms with van der Waals surface area (Å²) in [6, 6.07) is 3.34. The van der Waals surface area contributed by atoms with Crippen molar-refractivity contribution in [2.75, 3.05) is 13.2 Å². The van der Waals surface area contributed by atoms with Crippen LogP contribution in [-0.4, -0.2) is 41.3 Å². The van der Waals surface area contributed by atoms with Gasteiger partial charge in [0.1, 0.15) is 11.8 Å². The lowest BCUT2D eigenvalue weighted by atomic mass is 10.2. The van der Waals surface area contributed by atoms with Gasteiger partial charge < -0.3 is 20.3 Å². The predicted octanol–water partition coefficient (Wildman–Crippen LogP) is 1.32. The van der Waals surface area contributed by atoms with E-state index < -0.39 is 17.9 Å². The summed E-state index contributed by atoms with van der Waals surface area (Å²) >= 11 is 11.5. The summed E-state index contributed by atoms with van der Waals surface area (Å²) in [6.45, 7) is -0.710. The molecular weight excluding hydrogens is 309 g/mol. The highest BCUT2D eigenvalue weighted by molar-refractivity contribution is 6.42. The maximum absolute atomic E-state index is 11.5. The van der Waals surface area contributed by atoms with Gasteiger partial charge in [0, 0.05) is 19.1 Å². The number of halogens is 2. The van der Waals surface area contributed by atoms with E-state index in [0.29, 0.717) is 10.8 Å². The first kappa shape index (κ1) is 16.6. The number of hydrogen-bond acceptors (Lipinski definition) is 4. The second kappa shape index (κ2) is 7.94. The van der Waals surface area contributed by atoms with Crippen molar-refractivity contribution in [2.45, 2.75) is 12.5 Å². The molecule has 0 spiro atoms. The summed E-state index contributed by atoms with van der Waals surface area (Å²) in [5.74, 6) is -1.50. The molecule has 20 heavy (non-hydrogen) atoms. The Morgan fingerprint density at radius 2 is 2.00 bits per heavy atom. The van der Waals surface area contributed by atoms with Crippen LogP contribution in [0.3, 0.4) is 0 Å². The molecule has 0 aliphatic rings. The molecule has 3 N–H and O–H groups in total. The standard InChI is InChI=1S/C12H13Cl2NO5/c13-8-2-1-7(5-9(8)14)20-6-11(17)15-10(3-4-16)12(18)19/h1-2,5,10,16H,3-4,6H2,(H,15,17)(H,18,19)/t10-/m0/s1. The molecular formula is C12H13Cl2NO5. The number of hydrogen-bond donors (Lipinski definition) is 3. The van der Waals surface area contributed by atoms with Gasteiger partial charge in [0.15, 0.2) is 6.61 Å². The zero-order valence-electron chi connectivity index (χ0n) is 10.3. The van der Waals surface area contributed by atoms with Gasteiger partial charge in [-0.3, -0.25) is 4.79 Å². The molecule has 1 amide bonds. The number of benzene rings is 1. The lowest BCUT2D eigenvalue weighted by Crippen LogP contribution is -2.43. The van der Waals surface area contributed by atoms with Crippen LogP contribution in [0.4, 0.5) is 0 Å². The number of aliphatic hydroxyl groups is 1. The zero-order valence-corrected chi connectivity index (χ0v) is 11.8. The molecule has 110 valence electrons. The number of carbonyl (C=O) groups is 2. The van der Waals surface area contributed by atoms with E-state index in [1.54, 1.807) is 0 Å². The Bertz CT molecular complexity index is 495. The minimum absolute atomic E-state index is 0.0755.